The van der Waals surface area contributed by atoms with E-state index in [1.807, 2.05) is 17.9 Å². The number of hydrogen-bond acceptors (Lipinski definition) is 7. The van der Waals surface area contributed by atoms with Crippen LogP contribution in [0.1, 0.15) is 55.3 Å². The zero-order valence-electron chi connectivity index (χ0n) is 14.6. The molecule has 1 amide bonds. The number of hydrogen-bond donors (Lipinski definition) is 0. The summed E-state index contributed by atoms with van der Waals surface area (Å²) in [5.41, 5.74) is 0.889. The number of amides is 1. The topological polar surface area (TPSA) is 88.5 Å². The lowest BCUT2D eigenvalue weighted by molar-refractivity contribution is -0.131. The lowest BCUT2D eigenvalue weighted by Gasteiger charge is -2.26. The number of aromatic nitrogens is 3. The normalized spacial score (nSPS) is 21.0. The maximum absolute atomic E-state index is 12.1. The predicted octanol–water partition coefficient (Wildman–Crippen LogP) is 1.87. The van der Waals surface area contributed by atoms with Crippen LogP contribution in [0.4, 0.5) is 0 Å². The average molecular weight is 345 g/mol. The second-order valence-corrected chi connectivity index (χ2v) is 7.08. The highest BCUT2D eigenvalue weighted by Crippen LogP contribution is 2.38. The molecule has 4 rings (SSSR count). The van der Waals surface area contributed by atoms with Crippen molar-refractivity contribution in [2.75, 3.05) is 13.1 Å². The van der Waals surface area contributed by atoms with Crippen molar-refractivity contribution in [3.05, 3.63) is 29.2 Å². The van der Waals surface area contributed by atoms with E-state index in [-0.39, 0.29) is 11.9 Å². The summed E-state index contributed by atoms with van der Waals surface area (Å²) in [6.07, 6.45) is 3.17. The molecule has 0 radical (unpaired) electrons. The Bertz CT molecular complexity index is 751. The van der Waals surface area contributed by atoms with E-state index in [0.717, 1.165) is 50.4 Å². The average Bonchev–Trinajstić information content (AvgIpc) is 2.95. The third kappa shape index (κ3) is 3.73. The number of likely N-dealkylation sites (tertiary alicyclic amines) is 1. The van der Waals surface area contributed by atoms with Crippen LogP contribution in [0.5, 0.6) is 0 Å². The van der Waals surface area contributed by atoms with Gasteiger partial charge in [0.05, 0.1) is 18.8 Å². The van der Waals surface area contributed by atoms with Crippen LogP contribution < -0.4 is 0 Å². The van der Waals surface area contributed by atoms with Crippen molar-refractivity contribution in [1.82, 2.24) is 25.1 Å². The van der Waals surface area contributed by atoms with Crippen LogP contribution in [0.15, 0.2) is 15.1 Å². The second kappa shape index (κ2) is 6.59. The Kier molecular flexibility index (Phi) is 4.29. The van der Waals surface area contributed by atoms with E-state index in [9.17, 15) is 4.79 Å². The molecule has 1 saturated heterocycles. The molecule has 8 nitrogen and oxygen atoms in total. The smallest absolute Gasteiger partial charge is 0.229 e. The lowest BCUT2D eigenvalue weighted by atomic mass is 10.2. The molecule has 0 bridgehead atoms. The van der Waals surface area contributed by atoms with Crippen molar-refractivity contribution >= 4 is 5.91 Å². The predicted molar refractivity (Wildman–Crippen MR) is 87.4 cm³/mol. The molecule has 25 heavy (non-hydrogen) atoms. The van der Waals surface area contributed by atoms with Crippen LogP contribution in [0.2, 0.25) is 0 Å². The zero-order valence-corrected chi connectivity index (χ0v) is 14.6. The summed E-state index contributed by atoms with van der Waals surface area (Å²) in [7, 11) is 0. The molecule has 2 aromatic rings. The number of carbonyl (C=O) groups excluding carboxylic acids is 1. The molecule has 0 aromatic carbocycles. The van der Waals surface area contributed by atoms with Crippen molar-refractivity contribution in [1.29, 1.82) is 0 Å². The van der Waals surface area contributed by atoms with Crippen LogP contribution in [0, 0.1) is 6.92 Å². The molecule has 1 unspecified atom stereocenters. The summed E-state index contributed by atoms with van der Waals surface area (Å²) in [6, 6.07) is 2.11. The highest BCUT2D eigenvalue weighted by atomic mass is 16.5. The van der Waals surface area contributed by atoms with Gasteiger partial charge in [-0.2, -0.15) is 4.98 Å². The second-order valence-electron chi connectivity index (χ2n) is 7.08. The summed E-state index contributed by atoms with van der Waals surface area (Å²) < 4.78 is 10.6. The minimum Gasteiger partial charge on any atom is -0.360 e. The van der Waals surface area contributed by atoms with Gasteiger partial charge in [0.15, 0.2) is 11.6 Å². The van der Waals surface area contributed by atoms with E-state index in [2.05, 4.69) is 20.2 Å². The molecule has 2 fully saturated rings. The van der Waals surface area contributed by atoms with Crippen molar-refractivity contribution < 1.29 is 13.8 Å². The van der Waals surface area contributed by atoms with Gasteiger partial charge < -0.3 is 13.9 Å². The van der Waals surface area contributed by atoms with Crippen LogP contribution in [0.25, 0.3) is 0 Å². The number of nitrogens with zero attached hydrogens (tertiary/aromatic N) is 5. The molecular formula is C17H23N5O3. The van der Waals surface area contributed by atoms with E-state index in [0.29, 0.717) is 24.2 Å². The van der Waals surface area contributed by atoms with Crippen LogP contribution >= 0.6 is 0 Å². The van der Waals surface area contributed by atoms with Gasteiger partial charge in [-0.1, -0.05) is 10.3 Å². The first-order valence-corrected chi connectivity index (χ1v) is 8.82. The van der Waals surface area contributed by atoms with Gasteiger partial charge in [-0.15, -0.1) is 0 Å². The fourth-order valence-electron chi connectivity index (χ4n) is 3.40. The molecular weight excluding hydrogens is 322 g/mol. The molecule has 0 spiro atoms. The van der Waals surface area contributed by atoms with Gasteiger partial charge in [0.25, 0.3) is 0 Å². The first-order valence-electron chi connectivity index (χ1n) is 8.82. The van der Waals surface area contributed by atoms with Crippen molar-refractivity contribution in [3.63, 3.8) is 0 Å². The Morgan fingerprint density at radius 3 is 2.84 bits per heavy atom. The Balaban J connectivity index is 1.37. The summed E-state index contributed by atoms with van der Waals surface area (Å²) in [4.78, 5) is 20.7. The molecule has 1 aliphatic heterocycles. The molecule has 2 aromatic heterocycles. The Labute approximate surface area is 146 Å². The van der Waals surface area contributed by atoms with Gasteiger partial charge >= 0.3 is 0 Å². The van der Waals surface area contributed by atoms with Crippen molar-refractivity contribution in [2.24, 2.45) is 0 Å². The third-order valence-corrected chi connectivity index (χ3v) is 4.87. The van der Waals surface area contributed by atoms with E-state index in [4.69, 9.17) is 9.05 Å². The Hall–Kier alpha value is -2.22. The molecule has 0 N–H and O–H groups in total. The third-order valence-electron chi connectivity index (χ3n) is 4.87. The molecule has 1 atom stereocenters. The van der Waals surface area contributed by atoms with Crippen molar-refractivity contribution in [3.8, 4) is 0 Å². The fourth-order valence-corrected chi connectivity index (χ4v) is 3.40. The first-order chi connectivity index (χ1) is 12.1. The zero-order chi connectivity index (χ0) is 17.4. The SMILES string of the molecule is CC(=O)N(Cc1noc(C2CC2)n1)C1CCN(Cc2cc(C)no2)C1. The fraction of sp³-hybridized carbons (Fsp3) is 0.647. The van der Waals surface area contributed by atoms with E-state index < -0.39 is 0 Å². The minimum atomic E-state index is 0.0418. The number of aryl methyl sites for hydroxylation is 1. The van der Waals surface area contributed by atoms with E-state index in [1.165, 1.54) is 0 Å². The van der Waals surface area contributed by atoms with Crippen LogP contribution in [-0.4, -0.2) is 50.1 Å². The van der Waals surface area contributed by atoms with Gasteiger partial charge in [0.2, 0.25) is 11.8 Å². The monoisotopic (exact) mass is 345 g/mol. The number of rotatable bonds is 6. The lowest BCUT2D eigenvalue weighted by Crippen LogP contribution is -2.40. The summed E-state index contributed by atoms with van der Waals surface area (Å²) in [5, 5.41) is 7.97. The highest BCUT2D eigenvalue weighted by Gasteiger charge is 2.33. The largest absolute Gasteiger partial charge is 0.360 e. The summed E-state index contributed by atoms with van der Waals surface area (Å²) in [6.45, 7) is 6.38. The first kappa shape index (κ1) is 16.3. The summed E-state index contributed by atoms with van der Waals surface area (Å²) >= 11 is 0. The molecule has 2 aliphatic rings. The maximum atomic E-state index is 12.1. The number of carbonyl (C=O) groups is 1. The van der Waals surface area contributed by atoms with Gasteiger partial charge in [0.1, 0.15) is 0 Å². The highest BCUT2D eigenvalue weighted by molar-refractivity contribution is 5.73. The van der Waals surface area contributed by atoms with Crippen LogP contribution in [-0.2, 0) is 17.9 Å². The standard InChI is InChI=1S/C17H23N5O3/c1-11-7-15(24-19-11)9-21-6-5-14(8-21)22(12(2)23)10-16-18-17(25-20-16)13-3-4-13/h7,13-14H,3-6,8-10H2,1-2H3. The van der Waals surface area contributed by atoms with Gasteiger partial charge in [0, 0.05) is 38.0 Å². The molecule has 1 saturated carbocycles. The van der Waals surface area contributed by atoms with Crippen LogP contribution in [0.3, 0.4) is 0 Å². The molecule has 1 aliphatic carbocycles. The minimum absolute atomic E-state index is 0.0418. The van der Waals surface area contributed by atoms with Gasteiger partial charge in [-0.05, 0) is 26.2 Å². The maximum Gasteiger partial charge on any atom is 0.229 e. The van der Waals surface area contributed by atoms with Gasteiger partial charge in [-0.3, -0.25) is 9.69 Å². The quantitative estimate of drug-likeness (QED) is 0.789. The molecule has 8 heteroatoms. The molecule has 3 heterocycles. The molecule has 134 valence electrons. The Morgan fingerprint density at radius 2 is 2.16 bits per heavy atom. The Morgan fingerprint density at radius 1 is 1.32 bits per heavy atom. The summed E-state index contributed by atoms with van der Waals surface area (Å²) in [5.74, 6) is 2.65. The van der Waals surface area contributed by atoms with Crippen molar-refractivity contribution in [2.45, 2.75) is 58.2 Å². The van der Waals surface area contributed by atoms with Gasteiger partial charge in [-0.25, -0.2) is 0 Å². The van der Waals surface area contributed by atoms with E-state index in [1.54, 1.807) is 6.92 Å². The van der Waals surface area contributed by atoms with E-state index >= 15 is 0 Å².